The minimum atomic E-state index is -3.75. The van der Waals surface area contributed by atoms with Gasteiger partial charge in [0.25, 0.3) is 10.0 Å². The van der Waals surface area contributed by atoms with E-state index in [9.17, 15) is 8.42 Å². The van der Waals surface area contributed by atoms with Crippen LogP contribution in [-0.2, 0) is 17.1 Å². The molecule has 0 amide bonds. The molecule has 0 N–H and O–H groups in total. The molecule has 1 aliphatic heterocycles. The molecule has 3 heterocycles. The van der Waals surface area contributed by atoms with Crippen LogP contribution in [0.4, 0.5) is 5.69 Å². The number of anilines is 1. The van der Waals surface area contributed by atoms with E-state index in [-0.39, 0.29) is 11.4 Å². The average molecular weight is 395 g/mol. The van der Waals surface area contributed by atoms with Crippen molar-refractivity contribution in [2.45, 2.75) is 4.90 Å². The first kappa shape index (κ1) is 16.9. The van der Waals surface area contributed by atoms with E-state index in [1.807, 2.05) is 36.0 Å². The van der Waals surface area contributed by atoms with Gasteiger partial charge in [0.15, 0.2) is 12.2 Å². The molecule has 2 aromatic heterocycles. The Bertz CT molecular complexity index is 1280. The molecule has 28 heavy (non-hydrogen) atoms. The highest BCUT2D eigenvalue weighted by Gasteiger charge is 2.31. The Kier molecular flexibility index (Phi) is 3.70. The molecule has 0 spiro atoms. The van der Waals surface area contributed by atoms with Gasteiger partial charge in [-0.25, -0.2) is 13.4 Å². The van der Waals surface area contributed by atoms with Crippen LogP contribution in [0.5, 0.6) is 5.75 Å². The standard InChI is InChI=1S/C20H17N3O4S/c1-22-7-6-14-10-16(3-4-17(14)22)28(24,25)23-8-9-26-19-5-2-15(11-18(19)23)20-12-21-13-27-20/h2-7,10-13H,8-9H2,1H3. The molecule has 0 saturated heterocycles. The molecule has 0 unspecified atom stereocenters. The average Bonchev–Trinajstić information content (AvgIpc) is 3.37. The van der Waals surface area contributed by atoms with Gasteiger partial charge in [0.1, 0.15) is 12.4 Å². The predicted molar refractivity (Wildman–Crippen MR) is 105 cm³/mol. The Labute approximate surface area is 161 Å². The van der Waals surface area contributed by atoms with Crippen LogP contribution < -0.4 is 9.04 Å². The molecule has 1 aliphatic rings. The molecular formula is C20H17N3O4S. The van der Waals surface area contributed by atoms with Crippen LogP contribution in [-0.4, -0.2) is 31.1 Å². The number of hydrogen-bond donors (Lipinski definition) is 0. The van der Waals surface area contributed by atoms with E-state index in [4.69, 9.17) is 9.15 Å². The predicted octanol–water partition coefficient (Wildman–Crippen LogP) is 3.42. The summed E-state index contributed by atoms with van der Waals surface area (Å²) in [6, 6.07) is 12.4. The number of benzene rings is 2. The zero-order valence-electron chi connectivity index (χ0n) is 15.1. The maximum atomic E-state index is 13.4. The lowest BCUT2D eigenvalue weighted by atomic mass is 10.1. The Morgan fingerprint density at radius 1 is 1.11 bits per heavy atom. The molecule has 0 bridgehead atoms. The van der Waals surface area contributed by atoms with Crippen molar-refractivity contribution in [1.29, 1.82) is 0 Å². The van der Waals surface area contributed by atoms with E-state index in [1.54, 1.807) is 30.5 Å². The Morgan fingerprint density at radius 2 is 2.00 bits per heavy atom. The van der Waals surface area contributed by atoms with Gasteiger partial charge in [0.2, 0.25) is 0 Å². The SMILES string of the molecule is Cn1ccc2cc(S(=O)(=O)N3CCOc4ccc(-c5cnco5)cc43)ccc21. The van der Waals surface area contributed by atoms with E-state index >= 15 is 0 Å². The van der Waals surface area contributed by atoms with Crippen molar-refractivity contribution in [2.24, 2.45) is 7.05 Å². The van der Waals surface area contributed by atoms with Gasteiger partial charge >= 0.3 is 0 Å². The zero-order chi connectivity index (χ0) is 19.3. The first-order valence-electron chi connectivity index (χ1n) is 8.77. The number of aromatic nitrogens is 2. The number of sulfonamides is 1. The summed E-state index contributed by atoms with van der Waals surface area (Å²) in [7, 11) is -1.82. The third kappa shape index (κ3) is 2.56. The lowest BCUT2D eigenvalue weighted by Gasteiger charge is -2.30. The molecule has 0 atom stereocenters. The van der Waals surface area contributed by atoms with Crippen LogP contribution in [0.2, 0.25) is 0 Å². The van der Waals surface area contributed by atoms with E-state index < -0.39 is 10.0 Å². The first-order valence-corrected chi connectivity index (χ1v) is 10.2. The van der Waals surface area contributed by atoms with Crippen molar-refractivity contribution in [3.8, 4) is 17.1 Å². The molecule has 5 rings (SSSR count). The number of hydrogen-bond acceptors (Lipinski definition) is 5. The van der Waals surface area contributed by atoms with E-state index in [1.165, 1.54) is 10.7 Å². The van der Waals surface area contributed by atoms with Gasteiger partial charge in [0.05, 0.1) is 23.3 Å². The second-order valence-corrected chi connectivity index (χ2v) is 8.48. The second kappa shape index (κ2) is 6.13. The molecule has 8 heteroatoms. The van der Waals surface area contributed by atoms with Crippen LogP contribution in [0.1, 0.15) is 0 Å². The van der Waals surface area contributed by atoms with Gasteiger partial charge in [-0.15, -0.1) is 0 Å². The Morgan fingerprint density at radius 3 is 2.82 bits per heavy atom. The minimum absolute atomic E-state index is 0.238. The Hall–Kier alpha value is -3.26. The minimum Gasteiger partial charge on any atom is -0.489 e. The smallest absolute Gasteiger partial charge is 0.264 e. The van der Waals surface area contributed by atoms with E-state index in [2.05, 4.69) is 4.98 Å². The maximum Gasteiger partial charge on any atom is 0.264 e. The molecular weight excluding hydrogens is 378 g/mol. The monoisotopic (exact) mass is 395 g/mol. The molecule has 4 aromatic rings. The third-order valence-corrected chi connectivity index (χ3v) is 6.75. The highest BCUT2D eigenvalue weighted by Crippen LogP contribution is 2.38. The van der Waals surface area contributed by atoms with Crippen molar-refractivity contribution in [3.05, 3.63) is 61.3 Å². The molecule has 7 nitrogen and oxygen atoms in total. The van der Waals surface area contributed by atoms with Crippen molar-refractivity contribution in [1.82, 2.24) is 9.55 Å². The van der Waals surface area contributed by atoms with Crippen LogP contribution in [0.15, 0.2) is 70.6 Å². The molecule has 2 aromatic carbocycles. The van der Waals surface area contributed by atoms with Gasteiger partial charge < -0.3 is 13.7 Å². The highest BCUT2D eigenvalue weighted by atomic mass is 32.2. The highest BCUT2D eigenvalue weighted by molar-refractivity contribution is 7.92. The number of rotatable bonds is 3. The summed E-state index contributed by atoms with van der Waals surface area (Å²) >= 11 is 0. The molecule has 142 valence electrons. The fraction of sp³-hybridized carbons (Fsp3) is 0.150. The van der Waals surface area contributed by atoms with Crippen molar-refractivity contribution in [3.63, 3.8) is 0 Å². The quantitative estimate of drug-likeness (QED) is 0.531. The maximum absolute atomic E-state index is 13.4. The summed E-state index contributed by atoms with van der Waals surface area (Å²) < 4.78 is 41.2. The van der Waals surface area contributed by atoms with Gasteiger partial charge in [-0.1, -0.05) is 0 Å². The van der Waals surface area contributed by atoms with Crippen molar-refractivity contribution < 1.29 is 17.6 Å². The van der Waals surface area contributed by atoms with Gasteiger partial charge in [0, 0.05) is 29.7 Å². The largest absolute Gasteiger partial charge is 0.489 e. The molecule has 0 fully saturated rings. The lowest BCUT2D eigenvalue weighted by Crippen LogP contribution is -2.37. The summed E-state index contributed by atoms with van der Waals surface area (Å²) in [4.78, 5) is 4.18. The zero-order valence-corrected chi connectivity index (χ0v) is 15.9. The number of aryl methyl sites for hydroxylation is 1. The summed E-state index contributed by atoms with van der Waals surface area (Å²) in [6.07, 6.45) is 4.84. The first-order chi connectivity index (χ1) is 13.5. The van der Waals surface area contributed by atoms with Gasteiger partial charge in [-0.2, -0.15) is 0 Å². The number of fused-ring (bicyclic) bond motifs is 2. The van der Waals surface area contributed by atoms with Crippen LogP contribution in [0, 0.1) is 0 Å². The normalized spacial score (nSPS) is 14.1. The second-order valence-electron chi connectivity index (χ2n) is 6.62. The van der Waals surface area contributed by atoms with E-state index in [0.29, 0.717) is 23.8 Å². The summed E-state index contributed by atoms with van der Waals surface area (Å²) in [5, 5.41) is 0.882. The van der Waals surface area contributed by atoms with Crippen LogP contribution in [0.25, 0.3) is 22.2 Å². The van der Waals surface area contributed by atoms with Crippen LogP contribution >= 0.6 is 0 Å². The Balaban J connectivity index is 1.62. The topological polar surface area (TPSA) is 77.6 Å². The van der Waals surface area contributed by atoms with Crippen LogP contribution in [0.3, 0.4) is 0 Å². The fourth-order valence-electron chi connectivity index (χ4n) is 3.50. The van der Waals surface area contributed by atoms with Crippen molar-refractivity contribution in [2.75, 3.05) is 17.5 Å². The molecule has 0 saturated carbocycles. The van der Waals surface area contributed by atoms with E-state index in [0.717, 1.165) is 16.5 Å². The van der Waals surface area contributed by atoms with Crippen molar-refractivity contribution >= 4 is 26.6 Å². The summed E-state index contributed by atoms with van der Waals surface area (Å²) in [6.45, 7) is 0.531. The molecule has 0 aliphatic carbocycles. The summed E-state index contributed by atoms with van der Waals surface area (Å²) in [5.74, 6) is 1.09. The third-order valence-electron chi connectivity index (χ3n) is 4.94. The number of oxazole rings is 1. The van der Waals surface area contributed by atoms with Gasteiger partial charge in [-0.05, 0) is 42.5 Å². The number of ether oxygens (including phenoxy) is 1. The fourth-order valence-corrected chi connectivity index (χ4v) is 4.99. The molecule has 0 radical (unpaired) electrons. The van der Waals surface area contributed by atoms with Gasteiger partial charge in [-0.3, -0.25) is 4.31 Å². The number of nitrogens with zero attached hydrogens (tertiary/aromatic N) is 3. The lowest BCUT2D eigenvalue weighted by molar-refractivity contribution is 0.316. The summed E-state index contributed by atoms with van der Waals surface area (Å²) in [5.41, 5.74) is 2.21.